The molecule has 1 aromatic heterocycles. The summed E-state index contributed by atoms with van der Waals surface area (Å²) in [7, 11) is -0.681. The lowest BCUT2D eigenvalue weighted by atomic mass is 10.1. The van der Waals surface area contributed by atoms with Crippen LogP contribution in [0.3, 0.4) is 0 Å². The van der Waals surface area contributed by atoms with Gasteiger partial charge in [0.25, 0.3) is 0 Å². The summed E-state index contributed by atoms with van der Waals surface area (Å²) in [5.41, 5.74) is 0.586. The van der Waals surface area contributed by atoms with Crippen molar-refractivity contribution >= 4 is 10.0 Å². The number of hydrogen-bond donors (Lipinski definition) is 1. The zero-order valence-corrected chi connectivity index (χ0v) is 14.4. The molecule has 0 atom stereocenters. The van der Waals surface area contributed by atoms with Gasteiger partial charge < -0.3 is 14.0 Å². The zero-order chi connectivity index (χ0) is 17.9. The van der Waals surface area contributed by atoms with E-state index in [4.69, 9.17) is 14.0 Å². The van der Waals surface area contributed by atoms with Gasteiger partial charge in [0.05, 0.1) is 23.8 Å². The van der Waals surface area contributed by atoms with Crippen LogP contribution in [0.1, 0.15) is 0 Å². The van der Waals surface area contributed by atoms with Gasteiger partial charge in [0.15, 0.2) is 5.76 Å². The molecule has 0 saturated carbocycles. The normalized spacial score (nSPS) is 11.3. The van der Waals surface area contributed by atoms with Gasteiger partial charge in [0, 0.05) is 12.1 Å². The van der Waals surface area contributed by atoms with Crippen LogP contribution in [0.15, 0.2) is 64.1 Å². The number of rotatable bonds is 6. The van der Waals surface area contributed by atoms with E-state index in [9.17, 15) is 8.42 Å². The van der Waals surface area contributed by atoms with Crippen molar-refractivity contribution in [2.24, 2.45) is 0 Å². The number of nitrogens with one attached hydrogen (secondary N) is 1. The van der Waals surface area contributed by atoms with E-state index in [2.05, 4.69) is 9.88 Å². The van der Waals surface area contributed by atoms with Crippen molar-refractivity contribution < 1.29 is 22.4 Å². The highest BCUT2D eigenvalue weighted by Gasteiger charge is 2.18. The van der Waals surface area contributed by atoms with E-state index < -0.39 is 10.0 Å². The highest BCUT2D eigenvalue weighted by atomic mass is 32.2. The third-order valence-electron chi connectivity index (χ3n) is 3.52. The molecule has 0 aliphatic carbocycles. The van der Waals surface area contributed by atoms with Crippen molar-refractivity contribution in [2.45, 2.75) is 4.90 Å². The van der Waals surface area contributed by atoms with Crippen LogP contribution in [0.2, 0.25) is 0 Å². The highest BCUT2D eigenvalue weighted by Crippen LogP contribution is 2.35. The molecule has 0 aliphatic heterocycles. The van der Waals surface area contributed by atoms with Crippen LogP contribution in [0.25, 0.3) is 11.3 Å². The van der Waals surface area contributed by atoms with Crippen LogP contribution in [0, 0.1) is 0 Å². The van der Waals surface area contributed by atoms with Gasteiger partial charge >= 0.3 is 0 Å². The van der Waals surface area contributed by atoms with E-state index in [1.165, 1.54) is 25.4 Å². The van der Waals surface area contributed by atoms with E-state index in [-0.39, 0.29) is 4.90 Å². The molecule has 0 amide bonds. The second kappa shape index (κ2) is 6.96. The molecule has 0 aliphatic rings. The first-order valence-corrected chi connectivity index (χ1v) is 8.82. The van der Waals surface area contributed by atoms with Gasteiger partial charge in [-0.2, -0.15) is 0 Å². The second-order valence-electron chi connectivity index (χ2n) is 5.02. The fourth-order valence-electron chi connectivity index (χ4n) is 2.20. The molecular formula is C17H16N2O5S. The average molecular weight is 360 g/mol. The number of nitrogens with zero attached hydrogens (tertiary/aromatic N) is 1. The third-order valence-corrected chi connectivity index (χ3v) is 4.93. The highest BCUT2D eigenvalue weighted by molar-refractivity contribution is 7.89. The molecule has 8 heteroatoms. The Hall–Kier alpha value is -2.84. The van der Waals surface area contributed by atoms with Crippen molar-refractivity contribution in [1.29, 1.82) is 0 Å². The summed E-state index contributed by atoms with van der Waals surface area (Å²) >= 11 is 0. The number of methoxy groups -OCH3 is 1. The maximum atomic E-state index is 12.1. The summed E-state index contributed by atoms with van der Waals surface area (Å²) < 4.78 is 42.6. The lowest BCUT2D eigenvalue weighted by Crippen LogP contribution is -2.18. The van der Waals surface area contributed by atoms with Crippen LogP contribution in [0.5, 0.6) is 17.2 Å². The maximum Gasteiger partial charge on any atom is 0.240 e. The number of benzene rings is 2. The first-order chi connectivity index (χ1) is 12.0. The van der Waals surface area contributed by atoms with Crippen molar-refractivity contribution in [1.82, 2.24) is 9.88 Å². The zero-order valence-electron chi connectivity index (χ0n) is 13.6. The SMILES string of the molecule is CNS(=O)(=O)c1ccc(-c2ccno2)c(Oc2ccc(OC)cc2)c1. The minimum atomic E-state index is -3.61. The molecule has 3 aromatic rings. The van der Waals surface area contributed by atoms with Crippen molar-refractivity contribution in [3.8, 4) is 28.6 Å². The molecule has 3 rings (SSSR count). The Morgan fingerprint density at radius 3 is 2.36 bits per heavy atom. The van der Waals surface area contributed by atoms with Crippen LogP contribution in [0.4, 0.5) is 0 Å². The summed E-state index contributed by atoms with van der Waals surface area (Å²) in [5, 5.41) is 3.68. The quantitative estimate of drug-likeness (QED) is 0.726. The fourth-order valence-corrected chi connectivity index (χ4v) is 2.95. The largest absolute Gasteiger partial charge is 0.497 e. The lowest BCUT2D eigenvalue weighted by molar-refractivity contribution is 0.412. The van der Waals surface area contributed by atoms with E-state index in [0.717, 1.165) is 0 Å². The molecule has 0 spiro atoms. The Labute approximate surface area is 145 Å². The molecule has 2 aromatic carbocycles. The molecule has 130 valence electrons. The van der Waals surface area contributed by atoms with Gasteiger partial charge in [-0.1, -0.05) is 5.16 Å². The van der Waals surface area contributed by atoms with Gasteiger partial charge in [0.1, 0.15) is 17.2 Å². The molecule has 0 unspecified atom stereocenters. The van der Waals surface area contributed by atoms with Crippen LogP contribution >= 0.6 is 0 Å². The van der Waals surface area contributed by atoms with E-state index in [0.29, 0.717) is 28.6 Å². The molecule has 1 N–H and O–H groups in total. The van der Waals surface area contributed by atoms with Crippen LogP contribution in [-0.4, -0.2) is 27.7 Å². The molecule has 0 saturated heterocycles. The van der Waals surface area contributed by atoms with E-state index >= 15 is 0 Å². The fraction of sp³-hybridized carbons (Fsp3) is 0.118. The van der Waals surface area contributed by atoms with Gasteiger partial charge in [-0.3, -0.25) is 0 Å². The predicted molar refractivity (Wildman–Crippen MR) is 91.3 cm³/mol. The van der Waals surface area contributed by atoms with E-state index in [1.54, 1.807) is 43.5 Å². The molecular weight excluding hydrogens is 344 g/mol. The number of ether oxygens (including phenoxy) is 2. The van der Waals surface area contributed by atoms with Gasteiger partial charge in [0.2, 0.25) is 10.0 Å². The van der Waals surface area contributed by atoms with Crippen molar-refractivity contribution in [2.75, 3.05) is 14.2 Å². The predicted octanol–water partition coefficient (Wildman–Crippen LogP) is 3.05. The Bertz CT molecular complexity index is 951. The number of aromatic nitrogens is 1. The monoisotopic (exact) mass is 360 g/mol. The number of sulfonamides is 1. The van der Waals surface area contributed by atoms with Crippen molar-refractivity contribution in [3.63, 3.8) is 0 Å². The second-order valence-corrected chi connectivity index (χ2v) is 6.91. The Kier molecular flexibility index (Phi) is 4.73. The molecule has 1 heterocycles. The Balaban J connectivity index is 2.05. The van der Waals surface area contributed by atoms with Gasteiger partial charge in [-0.15, -0.1) is 0 Å². The van der Waals surface area contributed by atoms with E-state index in [1.807, 2.05) is 0 Å². The van der Waals surface area contributed by atoms with Crippen molar-refractivity contribution in [3.05, 3.63) is 54.7 Å². The molecule has 0 bridgehead atoms. The Morgan fingerprint density at radius 1 is 1.04 bits per heavy atom. The Morgan fingerprint density at radius 2 is 1.76 bits per heavy atom. The minimum absolute atomic E-state index is 0.0850. The average Bonchev–Trinajstić information content (AvgIpc) is 3.17. The summed E-state index contributed by atoms with van der Waals surface area (Å²) in [6.45, 7) is 0. The van der Waals surface area contributed by atoms with Crippen LogP contribution in [-0.2, 0) is 10.0 Å². The minimum Gasteiger partial charge on any atom is -0.497 e. The first-order valence-electron chi connectivity index (χ1n) is 7.34. The smallest absolute Gasteiger partial charge is 0.240 e. The molecule has 0 radical (unpaired) electrons. The maximum absolute atomic E-state index is 12.1. The molecule has 7 nitrogen and oxygen atoms in total. The number of hydrogen-bond acceptors (Lipinski definition) is 6. The van der Waals surface area contributed by atoms with Crippen LogP contribution < -0.4 is 14.2 Å². The summed E-state index contributed by atoms with van der Waals surface area (Å²) in [4.78, 5) is 0.0850. The summed E-state index contributed by atoms with van der Waals surface area (Å²) in [6.07, 6.45) is 1.50. The third kappa shape index (κ3) is 3.65. The standard InChI is InChI=1S/C17H16N2O5S/c1-18-25(20,21)14-7-8-15(16-9-10-19-24-16)17(11-14)23-13-5-3-12(22-2)4-6-13/h3-11,18H,1-2H3. The molecule has 25 heavy (non-hydrogen) atoms. The topological polar surface area (TPSA) is 90.7 Å². The lowest BCUT2D eigenvalue weighted by Gasteiger charge is -2.12. The summed E-state index contributed by atoms with van der Waals surface area (Å²) in [5.74, 6) is 2.02. The first kappa shape index (κ1) is 17.0. The molecule has 0 fully saturated rings. The van der Waals surface area contributed by atoms with Gasteiger partial charge in [-0.05, 0) is 43.4 Å². The van der Waals surface area contributed by atoms with Gasteiger partial charge in [-0.25, -0.2) is 13.1 Å². The summed E-state index contributed by atoms with van der Waals surface area (Å²) in [6, 6.07) is 13.1.